The molecular formula is C10H14N2O3S. The summed E-state index contributed by atoms with van der Waals surface area (Å²) < 4.78 is 0. The number of rotatable bonds is 4. The topological polar surface area (TPSA) is 79.3 Å². The molecule has 0 saturated carbocycles. The molecule has 2 atom stereocenters. The zero-order valence-electron chi connectivity index (χ0n) is 9.35. The molecule has 5 nitrogen and oxygen atoms in total. The van der Waals surface area contributed by atoms with Crippen LogP contribution in [-0.4, -0.2) is 22.0 Å². The average molecular weight is 242 g/mol. The zero-order chi connectivity index (χ0) is 12.3. The van der Waals surface area contributed by atoms with Gasteiger partial charge in [0, 0.05) is 11.3 Å². The molecule has 1 aromatic heterocycles. The molecule has 1 rings (SSSR count). The highest BCUT2D eigenvalue weighted by Gasteiger charge is 2.26. The van der Waals surface area contributed by atoms with Crippen molar-refractivity contribution in [1.29, 1.82) is 0 Å². The SMILES string of the molecule is Cc1csc(NC(=O)C(C)C(C)C(=O)O)n1. The number of carbonyl (C=O) groups is 2. The summed E-state index contributed by atoms with van der Waals surface area (Å²) in [5, 5.41) is 13.7. The van der Waals surface area contributed by atoms with Crippen LogP contribution in [0.25, 0.3) is 0 Å². The van der Waals surface area contributed by atoms with Crippen LogP contribution in [0.5, 0.6) is 0 Å². The smallest absolute Gasteiger partial charge is 0.307 e. The van der Waals surface area contributed by atoms with Crippen molar-refractivity contribution < 1.29 is 14.7 Å². The highest BCUT2D eigenvalue weighted by Crippen LogP contribution is 2.18. The van der Waals surface area contributed by atoms with Crippen LogP contribution in [0.2, 0.25) is 0 Å². The number of anilines is 1. The van der Waals surface area contributed by atoms with Gasteiger partial charge in [0.2, 0.25) is 5.91 Å². The standard InChI is InChI=1S/C10H14N2O3S/c1-5-4-16-10(11-5)12-8(13)6(2)7(3)9(14)15/h4,6-7H,1-3H3,(H,14,15)(H,11,12,13). The predicted octanol–water partition coefficient (Wildman–Crippen LogP) is 1.75. The quantitative estimate of drug-likeness (QED) is 0.843. The third-order valence-corrected chi connectivity index (χ3v) is 3.28. The van der Waals surface area contributed by atoms with E-state index in [-0.39, 0.29) is 5.91 Å². The van der Waals surface area contributed by atoms with E-state index in [1.54, 1.807) is 6.92 Å². The molecule has 0 aliphatic heterocycles. The summed E-state index contributed by atoms with van der Waals surface area (Å²) in [7, 11) is 0. The number of aliphatic carboxylic acids is 1. The lowest BCUT2D eigenvalue weighted by Gasteiger charge is -2.14. The van der Waals surface area contributed by atoms with Crippen LogP contribution in [0, 0.1) is 18.8 Å². The molecule has 0 radical (unpaired) electrons. The highest BCUT2D eigenvalue weighted by atomic mass is 32.1. The van der Waals surface area contributed by atoms with Crippen molar-refractivity contribution in [3.05, 3.63) is 11.1 Å². The molecule has 0 aliphatic carbocycles. The molecule has 0 saturated heterocycles. The van der Waals surface area contributed by atoms with Crippen molar-refractivity contribution in [2.24, 2.45) is 11.8 Å². The number of hydrogen-bond donors (Lipinski definition) is 2. The molecule has 0 aromatic carbocycles. The van der Waals surface area contributed by atoms with E-state index in [9.17, 15) is 9.59 Å². The summed E-state index contributed by atoms with van der Waals surface area (Å²) in [5.41, 5.74) is 0.833. The van der Waals surface area contributed by atoms with Gasteiger partial charge in [0.1, 0.15) is 0 Å². The van der Waals surface area contributed by atoms with E-state index < -0.39 is 17.8 Å². The molecule has 2 unspecified atom stereocenters. The third-order valence-electron chi connectivity index (χ3n) is 2.40. The molecule has 0 bridgehead atoms. The summed E-state index contributed by atoms with van der Waals surface area (Å²) >= 11 is 1.32. The second-order valence-electron chi connectivity index (χ2n) is 3.70. The molecule has 88 valence electrons. The van der Waals surface area contributed by atoms with Crippen LogP contribution in [0.4, 0.5) is 5.13 Å². The Labute approximate surface area is 97.5 Å². The number of hydrogen-bond acceptors (Lipinski definition) is 4. The normalized spacial score (nSPS) is 14.2. The number of amides is 1. The summed E-state index contributed by atoms with van der Waals surface area (Å²) in [4.78, 5) is 26.4. The van der Waals surface area contributed by atoms with Gasteiger partial charge in [-0.3, -0.25) is 9.59 Å². The lowest BCUT2D eigenvalue weighted by Crippen LogP contribution is -2.29. The van der Waals surface area contributed by atoms with E-state index >= 15 is 0 Å². The van der Waals surface area contributed by atoms with Gasteiger partial charge in [-0.05, 0) is 6.92 Å². The zero-order valence-corrected chi connectivity index (χ0v) is 10.2. The number of thiazole rings is 1. The number of nitrogens with zero attached hydrogens (tertiary/aromatic N) is 1. The van der Waals surface area contributed by atoms with Gasteiger partial charge in [-0.15, -0.1) is 11.3 Å². The summed E-state index contributed by atoms with van der Waals surface area (Å²) in [5.74, 6) is -2.58. The fourth-order valence-electron chi connectivity index (χ4n) is 1.07. The molecule has 0 fully saturated rings. The van der Waals surface area contributed by atoms with E-state index in [4.69, 9.17) is 5.11 Å². The lowest BCUT2D eigenvalue weighted by molar-refractivity contribution is -0.145. The Bertz CT molecular complexity index is 403. The maximum Gasteiger partial charge on any atom is 0.307 e. The van der Waals surface area contributed by atoms with Crippen LogP contribution >= 0.6 is 11.3 Å². The highest BCUT2D eigenvalue weighted by molar-refractivity contribution is 7.13. The van der Waals surface area contributed by atoms with E-state index in [0.29, 0.717) is 5.13 Å². The maximum absolute atomic E-state index is 11.7. The number of carbonyl (C=O) groups excluding carboxylic acids is 1. The molecule has 1 amide bonds. The molecule has 16 heavy (non-hydrogen) atoms. The molecular weight excluding hydrogens is 228 g/mol. The Morgan fingerprint density at radius 1 is 1.44 bits per heavy atom. The molecule has 1 heterocycles. The van der Waals surface area contributed by atoms with E-state index in [0.717, 1.165) is 5.69 Å². The first-order valence-electron chi connectivity index (χ1n) is 4.87. The van der Waals surface area contributed by atoms with Crippen molar-refractivity contribution in [1.82, 2.24) is 4.98 Å². The fourth-order valence-corrected chi connectivity index (χ4v) is 1.76. The second kappa shape index (κ2) is 5.07. The van der Waals surface area contributed by atoms with Crippen LogP contribution < -0.4 is 5.32 Å². The second-order valence-corrected chi connectivity index (χ2v) is 4.56. The lowest BCUT2D eigenvalue weighted by atomic mass is 9.95. The van der Waals surface area contributed by atoms with Crippen molar-refractivity contribution in [2.45, 2.75) is 20.8 Å². The predicted molar refractivity (Wildman–Crippen MR) is 61.4 cm³/mol. The van der Waals surface area contributed by atoms with Gasteiger partial charge in [-0.2, -0.15) is 0 Å². The maximum atomic E-state index is 11.7. The first-order chi connectivity index (χ1) is 7.41. The van der Waals surface area contributed by atoms with Crippen molar-refractivity contribution in [3.63, 3.8) is 0 Å². The minimum atomic E-state index is -0.974. The summed E-state index contributed by atoms with van der Waals surface area (Å²) in [6.45, 7) is 4.93. The van der Waals surface area contributed by atoms with Gasteiger partial charge in [0.25, 0.3) is 0 Å². The number of nitrogens with one attached hydrogen (secondary N) is 1. The van der Waals surface area contributed by atoms with E-state index in [1.807, 2.05) is 12.3 Å². The molecule has 1 aromatic rings. The third kappa shape index (κ3) is 3.03. The largest absolute Gasteiger partial charge is 0.481 e. The van der Waals surface area contributed by atoms with Crippen molar-refractivity contribution >= 4 is 28.3 Å². The fraction of sp³-hybridized carbons (Fsp3) is 0.500. The van der Waals surface area contributed by atoms with Crippen LogP contribution in [0.1, 0.15) is 19.5 Å². The van der Waals surface area contributed by atoms with Crippen molar-refractivity contribution in [3.8, 4) is 0 Å². The van der Waals surface area contributed by atoms with Gasteiger partial charge in [-0.25, -0.2) is 4.98 Å². The number of carboxylic acids is 1. The first kappa shape index (κ1) is 12.6. The van der Waals surface area contributed by atoms with Gasteiger partial charge in [-0.1, -0.05) is 13.8 Å². The minimum absolute atomic E-state index is 0.316. The monoisotopic (exact) mass is 242 g/mol. The molecule has 0 aliphatic rings. The van der Waals surface area contributed by atoms with E-state index in [1.165, 1.54) is 18.3 Å². The molecule has 2 N–H and O–H groups in total. The average Bonchev–Trinajstić information content (AvgIpc) is 2.61. The van der Waals surface area contributed by atoms with E-state index in [2.05, 4.69) is 10.3 Å². The van der Waals surface area contributed by atoms with Crippen molar-refractivity contribution in [2.75, 3.05) is 5.32 Å². The number of aryl methyl sites for hydroxylation is 1. The Morgan fingerprint density at radius 2 is 2.06 bits per heavy atom. The van der Waals surface area contributed by atoms with Crippen LogP contribution in [0.3, 0.4) is 0 Å². The number of aromatic nitrogens is 1. The Kier molecular flexibility index (Phi) is 4.00. The summed E-state index contributed by atoms with van der Waals surface area (Å²) in [6, 6.07) is 0. The summed E-state index contributed by atoms with van der Waals surface area (Å²) in [6.07, 6.45) is 0. The van der Waals surface area contributed by atoms with Crippen LogP contribution in [0.15, 0.2) is 5.38 Å². The minimum Gasteiger partial charge on any atom is -0.481 e. The van der Waals surface area contributed by atoms with Crippen LogP contribution in [-0.2, 0) is 9.59 Å². The first-order valence-corrected chi connectivity index (χ1v) is 5.75. The Morgan fingerprint density at radius 3 is 2.50 bits per heavy atom. The van der Waals surface area contributed by atoms with Gasteiger partial charge < -0.3 is 10.4 Å². The Hall–Kier alpha value is -1.43. The molecule has 6 heteroatoms. The van der Waals surface area contributed by atoms with Gasteiger partial charge in [0.15, 0.2) is 5.13 Å². The molecule has 0 spiro atoms. The van der Waals surface area contributed by atoms with Gasteiger partial charge >= 0.3 is 5.97 Å². The Balaban J connectivity index is 2.62. The number of carboxylic acid groups (broad SMARTS) is 1. The van der Waals surface area contributed by atoms with Gasteiger partial charge in [0.05, 0.1) is 11.6 Å².